The molecule has 0 bridgehead atoms. The first-order valence-electron chi connectivity index (χ1n) is 45.0. The molecule has 8 aromatic heterocycles. The predicted octanol–water partition coefficient (Wildman–Crippen LogP) is 28.7. The Morgan fingerprint density at radius 2 is 0.583 bits per heavy atom. The Labute approximate surface area is 924 Å². The maximum Gasteiger partial charge on any atom is 0.130 e. The average Bonchev–Trinajstić information content (AvgIpc) is 1.67. The molecule has 18 nitrogen and oxygen atoms in total. The number of hydrogen-bond donors (Lipinski definition) is 8. The first kappa shape index (κ1) is 123. The largest absolute Gasteiger partial charge is 0.518 e. The van der Waals surface area contributed by atoms with E-state index in [-0.39, 0.29) is 114 Å². The Balaban J connectivity index is 0.000000280. The molecule has 4 radical (unpaired) electrons. The molecule has 18 aromatic rings. The van der Waals surface area contributed by atoms with Gasteiger partial charge < -0.3 is 60.3 Å². The van der Waals surface area contributed by atoms with Crippen molar-refractivity contribution < 1.29 is 131 Å². The third-order valence-electron chi connectivity index (χ3n) is 18.6. The summed E-state index contributed by atoms with van der Waals surface area (Å²) in [6.07, 6.45) is 6.89. The number of ether oxygens (including phenoxy) is 2. The second-order valence-corrected chi connectivity index (χ2v) is 39.0. The molecule has 2 aliphatic heterocycles. The third-order valence-corrected chi connectivity index (χ3v) is 24.5. The van der Waals surface area contributed by atoms with E-state index in [2.05, 4.69) is 215 Å². The Bertz CT molecular complexity index is 6200. The average molecular weight is 2740 g/mol. The van der Waals surface area contributed by atoms with Gasteiger partial charge >= 0.3 is 0 Å². The van der Waals surface area contributed by atoms with Gasteiger partial charge in [0.15, 0.2) is 0 Å². The first-order valence-corrected chi connectivity index (χ1v) is 50.0. The van der Waals surface area contributed by atoms with E-state index >= 15 is 0 Å². The minimum atomic E-state index is -0.537. The van der Waals surface area contributed by atoms with Crippen molar-refractivity contribution in [2.45, 2.75) is 132 Å². The maximum atomic E-state index is 8.49. The quantitative estimate of drug-likeness (QED) is 0.0417. The van der Waals surface area contributed by atoms with Crippen LogP contribution in [-0.2, 0) is 101 Å². The van der Waals surface area contributed by atoms with Gasteiger partial charge in [-0.05, 0) is 163 Å². The molecular formula is C116H116Ir4N8O10S6-8. The molecule has 20 rings (SSSR count). The normalized spacial score (nSPS) is 12.5. The van der Waals surface area contributed by atoms with Crippen molar-refractivity contribution in [2.75, 3.05) is 26.3 Å². The van der Waals surface area contributed by atoms with Gasteiger partial charge in [0.05, 0.1) is 95.8 Å². The molecule has 0 saturated carbocycles. The van der Waals surface area contributed by atoms with Crippen molar-refractivity contribution in [1.82, 2.24) is 29.9 Å². The smallest absolute Gasteiger partial charge is 0.130 e. The van der Waals surface area contributed by atoms with E-state index in [9.17, 15) is 0 Å². The SMILES string of the molecule is CC(C)(C)c1c[c-]c(-c2nc3ccccc3s2)cc1.CC(C)(C)c1c[c-]c(-c2nc3ccccc3s2)cc1.CC(O)=CC(C)O.CC(O)=CC(C)O.CC(O)=CC(C)O.CC(O)=CC(C)O.[Ir].[Ir].[Ir].[Ir].[c-]1ccccc1-c1nc2ccccc2s1.[c-]1ccccc1-c1nc2ccccc2s1.[c-]1ccccc1C1=NCCO1.[c-]1ccccc1C1=NCCO1.[c-]1ccsc1-c1ccccn1.[c-]1ccsc1-c1ccccn1. The van der Waals surface area contributed by atoms with Crippen LogP contribution in [0.15, 0.2) is 360 Å². The number of hydrogen-bond acceptors (Lipinski definition) is 24. The summed E-state index contributed by atoms with van der Waals surface area (Å²) in [6, 6.07) is 118. The second-order valence-electron chi connectivity index (χ2n) is 33.0. The summed E-state index contributed by atoms with van der Waals surface area (Å²) in [4.78, 5) is 37.4. The van der Waals surface area contributed by atoms with Crippen LogP contribution in [0.4, 0.5) is 0 Å². The number of thiophene rings is 2. The molecule has 10 heterocycles. The number of aromatic nitrogens is 6. The van der Waals surface area contributed by atoms with Crippen molar-refractivity contribution in [2.24, 2.45) is 9.98 Å². The molecule has 0 spiro atoms. The van der Waals surface area contributed by atoms with E-state index in [1.54, 1.807) is 108 Å². The van der Waals surface area contributed by atoms with Gasteiger partial charge in [-0.1, -0.05) is 135 Å². The molecule has 8 N–H and O–H groups in total. The fraction of sp³-hybridized carbons (Fsp3) is 0.207. The second kappa shape index (κ2) is 66.2. The zero-order valence-electron chi connectivity index (χ0n) is 82.1. The fourth-order valence-electron chi connectivity index (χ4n) is 12.3. The van der Waals surface area contributed by atoms with Crippen molar-refractivity contribution in [3.63, 3.8) is 0 Å². The number of fused-ring (bicyclic) bond motifs is 4. The summed E-state index contributed by atoms with van der Waals surface area (Å²) in [6.45, 7) is 28.7. The number of thiazole rings is 4. The molecule has 10 aromatic carbocycles. The summed E-state index contributed by atoms with van der Waals surface area (Å²) in [7, 11) is 0. The molecule has 4 atom stereocenters. The number of rotatable bonds is 12. The van der Waals surface area contributed by atoms with Gasteiger partial charge in [-0.3, -0.25) is 29.9 Å². The zero-order valence-corrected chi connectivity index (χ0v) is 96.5. The van der Waals surface area contributed by atoms with Crippen LogP contribution in [0.2, 0.25) is 0 Å². The van der Waals surface area contributed by atoms with E-state index in [0.717, 1.165) is 122 Å². The van der Waals surface area contributed by atoms with Gasteiger partial charge in [0, 0.05) is 132 Å². The van der Waals surface area contributed by atoms with Crippen LogP contribution < -0.4 is 0 Å². The summed E-state index contributed by atoms with van der Waals surface area (Å²) < 4.78 is 15.4. The van der Waals surface area contributed by atoms with Crippen LogP contribution in [0.5, 0.6) is 0 Å². The summed E-state index contributed by atoms with van der Waals surface area (Å²) in [5.41, 5.74) is 15.4. The number of pyridine rings is 2. The Morgan fingerprint density at radius 3 is 0.778 bits per heavy atom. The van der Waals surface area contributed by atoms with Gasteiger partial charge in [0.2, 0.25) is 0 Å². The maximum absolute atomic E-state index is 8.49. The fourth-order valence-corrected chi connectivity index (χ4v) is 17.4. The number of aliphatic hydroxyl groups excluding tert-OH is 8. The van der Waals surface area contributed by atoms with Crippen molar-refractivity contribution >= 4 is 121 Å². The Morgan fingerprint density at radius 1 is 0.319 bits per heavy atom. The zero-order chi connectivity index (χ0) is 101. The van der Waals surface area contributed by atoms with Crippen molar-refractivity contribution in [3.05, 3.63) is 420 Å². The number of para-hydroxylation sites is 4. The molecule has 0 saturated heterocycles. The van der Waals surface area contributed by atoms with Crippen LogP contribution >= 0.6 is 68.0 Å². The Kier molecular flexibility index (Phi) is 56.7. The third kappa shape index (κ3) is 45.3. The van der Waals surface area contributed by atoms with Crippen LogP contribution in [0, 0.1) is 48.5 Å². The van der Waals surface area contributed by atoms with Gasteiger partial charge in [0.25, 0.3) is 0 Å². The van der Waals surface area contributed by atoms with E-state index in [1.165, 1.54) is 81.9 Å². The molecule has 4 unspecified atom stereocenters. The number of aliphatic imine (C=N–C) groups is 2. The van der Waals surface area contributed by atoms with Gasteiger partial charge in [0.1, 0.15) is 11.8 Å². The minimum Gasteiger partial charge on any atom is -0.518 e. The minimum absolute atomic E-state index is 0. The number of nitrogens with zero attached hydrogens (tertiary/aromatic N) is 8. The molecular weight excluding hydrogens is 2630 g/mol. The van der Waals surface area contributed by atoms with Gasteiger partial charge in [-0.25, -0.2) is 22.7 Å². The van der Waals surface area contributed by atoms with Crippen molar-refractivity contribution in [3.8, 4) is 63.4 Å². The summed E-state index contributed by atoms with van der Waals surface area (Å²) >= 11 is 10.2. The summed E-state index contributed by atoms with van der Waals surface area (Å²) in [5, 5.41) is 75.8. The van der Waals surface area contributed by atoms with Crippen LogP contribution in [-0.4, -0.2) is 133 Å². The molecule has 0 aliphatic carbocycles. The van der Waals surface area contributed by atoms with Gasteiger partial charge in [-0.15, -0.1) is 214 Å². The molecule has 0 fully saturated rings. The topological polar surface area (TPSA) is 282 Å². The van der Waals surface area contributed by atoms with Crippen LogP contribution in [0.3, 0.4) is 0 Å². The van der Waals surface area contributed by atoms with Gasteiger partial charge in [-0.2, -0.15) is 69.6 Å². The van der Waals surface area contributed by atoms with E-state index in [0.29, 0.717) is 13.2 Å². The van der Waals surface area contributed by atoms with Crippen molar-refractivity contribution in [1.29, 1.82) is 0 Å². The Hall–Kier alpha value is -11.0. The number of benzene rings is 10. The number of aliphatic hydroxyl groups is 8. The molecule has 2 aliphatic rings. The monoisotopic (exact) mass is 2740 g/mol. The molecule has 144 heavy (non-hydrogen) atoms. The molecule has 28 heteroatoms. The summed E-state index contributed by atoms with van der Waals surface area (Å²) in [5.74, 6) is 2.10. The van der Waals surface area contributed by atoms with E-state index < -0.39 is 24.4 Å². The predicted molar refractivity (Wildman–Crippen MR) is 583 cm³/mol. The van der Waals surface area contributed by atoms with Crippen LogP contribution in [0.1, 0.15) is 119 Å². The number of allylic oxidation sites excluding steroid dienone is 4. The standard InChI is InChI=1S/2C17H16NS.2C13H8NS.2C9H8NO.2C9H6NS.4C5H10O2.4Ir/c2*1-17(2,3)13-10-8-12(9-11-13)16-18-14-6-4-5-7-15(14)19-16;2*1-2-6-10(7-3-1)13-14-11-8-4-5-9-12(11)15-13;2*1-2-4-8(5-3-1)9-10-6-7-11-9;2*1-2-6-10-8(4-1)9-5-3-7-11-9;4*1-4(6)3-5(2)7;;;;/h2*4-8,10-11H,1-3H3;2*1-6,8-9H;2*1-4H,6-7H2;2*1-4,6-7H;4*3-4,6-7H,1-2H3;;;;/q8*-1;;;;;;;;. The van der Waals surface area contributed by atoms with Crippen LogP contribution in [0.25, 0.3) is 104 Å². The van der Waals surface area contributed by atoms with E-state index in [4.69, 9.17) is 50.3 Å². The molecule has 760 valence electrons. The van der Waals surface area contributed by atoms with E-state index in [1.807, 2.05) is 205 Å². The molecule has 0 amide bonds. The first-order chi connectivity index (χ1) is 67.3.